The molecule has 0 amide bonds. The van der Waals surface area contributed by atoms with Gasteiger partial charge in [-0.25, -0.2) is 0 Å². The van der Waals surface area contributed by atoms with Crippen molar-refractivity contribution in [2.45, 2.75) is 41.5 Å². The second-order valence-electron chi connectivity index (χ2n) is 30.9. The molecule has 6 heterocycles. The third kappa shape index (κ3) is 15.9. The molecule has 24 rings (SSSR count). The van der Waals surface area contributed by atoms with Crippen LogP contribution in [0.5, 0.6) is 0 Å². The molecule has 0 unspecified atom stereocenters. The largest absolute Gasteiger partial charge is 0.135 e. The van der Waals surface area contributed by atoms with E-state index in [9.17, 15) is 0 Å². The standard InChI is InChI=1S/6C19H14S/c1-13-6-4-7-14(12-13)15-9-5-10-17-16-8-2-3-11-18(16)20-19(15)17;1-13-7-2-3-8-14(13)16-10-6-11-17-15-9-4-5-12-18(15)20-19(16)17;1-13-5-4-6-14(11-13)15-9-10-19-17(12-15)16-7-2-3-8-18(16)20-19;1-13-6-2-3-7-15(13)14-10-11-19-17(12-14)16-8-4-5-9-18(16)20-19;1-13-9-11-14(12-10-13)15-6-4-7-17-16-5-2-3-8-18(16)20-19(15)17;1-13-6-8-14(9-7-13)15-10-11-19-17(12-15)16-4-2-3-5-18(16)20-19/h6*2-12H,1H3. The summed E-state index contributed by atoms with van der Waals surface area (Å²) in [5, 5.41) is 16.4. The first kappa shape index (κ1) is 77.2. The first-order chi connectivity index (χ1) is 58.9. The Morgan fingerprint density at radius 2 is 0.392 bits per heavy atom. The van der Waals surface area contributed by atoms with Crippen LogP contribution in [-0.4, -0.2) is 0 Å². The van der Waals surface area contributed by atoms with E-state index < -0.39 is 0 Å². The number of rotatable bonds is 6. The molecule has 6 aromatic heterocycles. The molecule has 0 fully saturated rings. The van der Waals surface area contributed by atoms with Crippen LogP contribution in [0.25, 0.3) is 188 Å². The van der Waals surface area contributed by atoms with Gasteiger partial charge >= 0.3 is 0 Å². The summed E-state index contributed by atoms with van der Waals surface area (Å²) in [6, 6.07) is 144. The van der Waals surface area contributed by atoms with E-state index in [1.807, 2.05) is 68.0 Å². The number of thiophene rings is 6. The predicted octanol–water partition coefficient (Wildman–Crippen LogP) is 36.2. The highest BCUT2D eigenvalue weighted by Gasteiger charge is 2.16. The Kier molecular flexibility index (Phi) is 22.1. The molecule has 0 aliphatic rings. The summed E-state index contributed by atoms with van der Waals surface area (Å²) in [6.45, 7) is 12.9. The fourth-order valence-corrected chi connectivity index (χ4v) is 23.5. The molecule has 0 radical (unpaired) electrons. The number of hydrogen-bond acceptors (Lipinski definition) is 6. The van der Waals surface area contributed by atoms with Crippen LogP contribution in [-0.2, 0) is 0 Å². The zero-order valence-electron chi connectivity index (χ0n) is 67.6. The van der Waals surface area contributed by atoms with E-state index in [1.54, 1.807) is 0 Å². The van der Waals surface area contributed by atoms with Gasteiger partial charge in [-0.3, -0.25) is 0 Å². The van der Waals surface area contributed by atoms with Crippen LogP contribution < -0.4 is 0 Å². The third-order valence-electron chi connectivity index (χ3n) is 22.7. The number of aryl methyl sites for hydroxylation is 6. The van der Waals surface area contributed by atoms with E-state index in [1.165, 1.54) is 221 Å². The summed E-state index contributed by atoms with van der Waals surface area (Å²) in [5.41, 5.74) is 23.6. The number of hydrogen-bond donors (Lipinski definition) is 0. The van der Waals surface area contributed by atoms with Crippen LogP contribution in [0.1, 0.15) is 33.4 Å². The quantitative estimate of drug-likeness (QED) is 0.156. The molecule has 0 atom stereocenters. The summed E-state index contributed by atoms with van der Waals surface area (Å²) in [7, 11) is 0. The minimum atomic E-state index is 1.28. The Labute approximate surface area is 724 Å². The summed E-state index contributed by atoms with van der Waals surface area (Å²) in [5.74, 6) is 0. The Morgan fingerprint density at radius 1 is 0.133 bits per heavy atom. The van der Waals surface area contributed by atoms with Crippen molar-refractivity contribution < 1.29 is 0 Å². The Bertz CT molecular complexity index is 7830. The molecule has 0 N–H and O–H groups in total. The Hall–Kier alpha value is -12.7. The maximum absolute atomic E-state index is 2.33. The molecule has 24 aromatic rings. The Balaban J connectivity index is 0.0000000952. The van der Waals surface area contributed by atoms with Crippen molar-refractivity contribution in [2.24, 2.45) is 0 Å². The van der Waals surface area contributed by atoms with Gasteiger partial charge in [-0.05, 0) is 192 Å². The molecule has 18 aromatic carbocycles. The minimum absolute atomic E-state index is 1.28. The second-order valence-corrected chi connectivity index (χ2v) is 37.3. The van der Waals surface area contributed by atoms with Crippen LogP contribution in [0.2, 0.25) is 0 Å². The maximum atomic E-state index is 2.33. The lowest BCUT2D eigenvalue weighted by Crippen LogP contribution is -1.82. The number of fused-ring (bicyclic) bond motifs is 18. The lowest BCUT2D eigenvalue weighted by molar-refractivity contribution is 1.46. The van der Waals surface area contributed by atoms with Crippen LogP contribution in [0.15, 0.2) is 400 Å². The van der Waals surface area contributed by atoms with E-state index in [-0.39, 0.29) is 0 Å². The molecular formula is C114H84S6. The molecule has 0 aliphatic carbocycles. The third-order valence-corrected chi connectivity index (χ3v) is 29.8. The van der Waals surface area contributed by atoms with Crippen LogP contribution in [0, 0.1) is 41.5 Å². The van der Waals surface area contributed by atoms with Gasteiger partial charge in [0, 0.05) is 121 Å². The van der Waals surface area contributed by atoms with Gasteiger partial charge in [-0.15, -0.1) is 68.0 Å². The molecule has 0 nitrogen and oxygen atoms in total. The van der Waals surface area contributed by atoms with Crippen molar-refractivity contribution in [1.29, 1.82) is 0 Å². The van der Waals surface area contributed by atoms with Crippen molar-refractivity contribution in [3.05, 3.63) is 434 Å². The summed E-state index contributed by atoms with van der Waals surface area (Å²) in [6.07, 6.45) is 0. The maximum Gasteiger partial charge on any atom is 0.0433 e. The van der Waals surface area contributed by atoms with Crippen LogP contribution >= 0.6 is 68.0 Å². The lowest BCUT2D eigenvalue weighted by atomic mass is 9.99. The second kappa shape index (κ2) is 34.3. The van der Waals surface area contributed by atoms with Gasteiger partial charge in [0.15, 0.2) is 0 Å². The summed E-state index contributed by atoms with van der Waals surface area (Å²) < 4.78 is 16.4. The molecule has 120 heavy (non-hydrogen) atoms. The van der Waals surface area contributed by atoms with Gasteiger partial charge in [0.25, 0.3) is 0 Å². The van der Waals surface area contributed by atoms with Gasteiger partial charge in [0.05, 0.1) is 0 Å². The van der Waals surface area contributed by atoms with E-state index >= 15 is 0 Å². The molecule has 0 bridgehead atoms. The fraction of sp³-hybridized carbons (Fsp3) is 0.0526. The van der Waals surface area contributed by atoms with Gasteiger partial charge in [0.1, 0.15) is 0 Å². The first-order valence-electron chi connectivity index (χ1n) is 40.8. The molecular weight excluding hydrogens is 1560 g/mol. The molecule has 0 saturated heterocycles. The number of benzene rings is 18. The zero-order chi connectivity index (χ0) is 81.2. The molecule has 576 valence electrons. The lowest BCUT2D eigenvalue weighted by Gasteiger charge is -2.06. The smallest absolute Gasteiger partial charge is 0.0433 e. The van der Waals surface area contributed by atoms with Crippen molar-refractivity contribution >= 4 is 189 Å². The highest BCUT2D eigenvalue weighted by Crippen LogP contribution is 2.46. The zero-order valence-corrected chi connectivity index (χ0v) is 72.5. The van der Waals surface area contributed by atoms with Gasteiger partial charge in [-0.2, -0.15) is 0 Å². The molecule has 0 spiro atoms. The van der Waals surface area contributed by atoms with Gasteiger partial charge in [0.2, 0.25) is 0 Å². The molecule has 0 saturated carbocycles. The molecule has 0 aliphatic heterocycles. The highest BCUT2D eigenvalue weighted by atomic mass is 32.1. The highest BCUT2D eigenvalue weighted by molar-refractivity contribution is 7.28. The van der Waals surface area contributed by atoms with Gasteiger partial charge in [-0.1, -0.05) is 350 Å². The van der Waals surface area contributed by atoms with Gasteiger partial charge < -0.3 is 0 Å². The first-order valence-corrected chi connectivity index (χ1v) is 45.7. The Morgan fingerprint density at radius 3 is 0.817 bits per heavy atom. The topological polar surface area (TPSA) is 0 Å². The molecule has 6 heteroatoms. The SMILES string of the molecule is Cc1ccc(-c2ccc3sc4ccccc4c3c2)cc1.Cc1ccc(-c2cccc3c2sc2ccccc23)cc1.Cc1cccc(-c2ccc3sc4ccccc4c3c2)c1.Cc1cccc(-c2cccc3c2sc2ccccc23)c1.Cc1ccccc1-c1ccc2sc3ccccc3c2c1.Cc1ccccc1-c1cccc2c1sc1ccccc12. The van der Waals surface area contributed by atoms with Crippen molar-refractivity contribution in [1.82, 2.24) is 0 Å². The van der Waals surface area contributed by atoms with E-state index in [0.29, 0.717) is 0 Å². The average molecular weight is 1650 g/mol. The minimum Gasteiger partial charge on any atom is -0.135 e. The van der Waals surface area contributed by atoms with Crippen LogP contribution in [0.4, 0.5) is 0 Å². The van der Waals surface area contributed by atoms with E-state index in [2.05, 4.69) is 442 Å². The monoisotopic (exact) mass is 1640 g/mol. The van der Waals surface area contributed by atoms with E-state index in [4.69, 9.17) is 0 Å². The van der Waals surface area contributed by atoms with Crippen LogP contribution in [0.3, 0.4) is 0 Å². The summed E-state index contributed by atoms with van der Waals surface area (Å²) >= 11 is 11.3. The van der Waals surface area contributed by atoms with Crippen molar-refractivity contribution in [3.63, 3.8) is 0 Å². The predicted molar refractivity (Wildman–Crippen MR) is 537 cm³/mol. The van der Waals surface area contributed by atoms with E-state index in [0.717, 1.165) is 0 Å². The van der Waals surface area contributed by atoms with Crippen molar-refractivity contribution in [2.75, 3.05) is 0 Å². The van der Waals surface area contributed by atoms with Crippen molar-refractivity contribution in [3.8, 4) is 66.8 Å². The fourth-order valence-electron chi connectivity index (χ4n) is 16.5. The summed E-state index contributed by atoms with van der Waals surface area (Å²) in [4.78, 5) is 0. The average Bonchev–Trinajstić information content (AvgIpc) is 1.66. The normalized spacial score (nSPS) is 11.2.